The number of nitrogens with zero attached hydrogens (tertiary/aromatic N) is 4. The molecule has 0 fully saturated rings. The zero-order valence-electron chi connectivity index (χ0n) is 23.3. The summed E-state index contributed by atoms with van der Waals surface area (Å²) in [5.74, 6) is 1.95. The number of rotatable bonds is 7. The van der Waals surface area contributed by atoms with Crippen LogP contribution in [-0.4, -0.2) is 69.7 Å². The third-order valence-corrected chi connectivity index (χ3v) is 6.57. The fourth-order valence-corrected chi connectivity index (χ4v) is 4.42. The minimum atomic E-state index is -1.60. The van der Waals surface area contributed by atoms with Crippen LogP contribution in [0.3, 0.4) is 0 Å². The molecule has 0 radical (unpaired) electrons. The van der Waals surface area contributed by atoms with Crippen LogP contribution >= 0.6 is 11.6 Å². The van der Waals surface area contributed by atoms with Crippen molar-refractivity contribution in [2.45, 2.75) is 20.4 Å². The molecule has 0 spiro atoms. The molecule has 2 amide bonds. The maximum Gasteiger partial charge on any atom is 0.488 e. The molecule has 1 aliphatic rings. The third kappa shape index (κ3) is 7.41. The van der Waals surface area contributed by atoms with Gasteiger partial charge in [-0.25, -0.2) is 0 Å². The van der Waals surface area contributed by atoms with Crippen LogP contribution in [0, 0.1) is 6.92 Å². The van der Waals surface area contributed by atoms with E-state index in [9.17, 15) is 9.59 Å². The normalized spacial score (nSPS) is 11.5. The van der Waals surface area contributed by atoms with Gasteiger partial charge < -0.3 is 25.4 Å². The van der Waals surface area contributed by atoms with E-state index in [1.807, 2.05) is 54.0 Å². The predicted molar refractivity (Wildman–Crippen MR) is 161 cm³/mol. The van der Waals surface area contributed by atoms with Crippen LogP contribution in [-0.2, 0) is 11.3 Å². The zero-order valence-corrected chi connectivity index (χ0v) is 24.1. The summed E-state index contributed by atoms with van der Waals surface area (Å²) in [6.45, 7) is 4.47. The van der Waals surface area contributed by atoms with Crippen LogP contribution in [0.2, 0.25) is 5.02 Å². The van der Waals surface area contributed by atoms with Gasteiger partial charge in [0.25, 0.3) is 5.91 Å². The molecule has 216 valence electrons. The van der Waals surface area contributed by atoms with Gasteiger partial charge in [-0.1, -0.05) is 35.9 Å². The van der Waals surface area contributed by atoms with E-state index in [1.54, 1.807) is 19.2 Å². The molecule has 0 atom stereocenters. The number of aryl methyl sites for hydroxylation is 1. The van der Waals surface area contributed by atoms with Gasteiger partial charge in [-0.3, -0.25) is 19.1 Å². The van der Waals surface area contributed by atoms with E-state index in [1.165, 1.54) is 19.1 Å². The van der Waals surface area contributed by atoms with Crippen LogP contribution in [0.25, 0.3) is 5.69 Å². The molecule has 1 aromatic heterocycles. The summed E-state index contributed by atoms with van der Waals surface area (Å²) in [6, 6.07) is 19.7. The largest absolute Gasteiger partial charge is 0.497 e. The Morgan fingerprint density at radius 3 is 2.45 bits per heavy atom. The van der Waals surface area contributed by atoms with Crippen molar-refractivity contribution in [1.29, 1.82) is 0 Å². The summed E-state index contributed by atoms with van der Waals surface area (Å²) in [5.41, 5.74) is 4.47. The lowest BCUT2D eigenvalue weighted by atomic mass is 9.79. The number of aromatic nitrogens is 3. The first kappa shape index (κ1) is 30.4. The Kier molecular flexibility index (Phi) is 10.1. The van der Waals surface area contributed by atoms with Gasteiger partial charge in [-0.05, 0) is 54.9 Å². The van der Waals surface area contributed by atoms with E-state index in [4.69, 9.17) is 31.4 Å². The number of benzene rings is 3. The highest BCUT2D eigenvalue weighted by Crippen LogP contribution is 2.29. The second kappa shape index (κ2) is 13.9. The molecule has 4 aromatic rings. The number of amides is 2. The lowest BCUT2D eigenvalue weighted by molar-refractivity contribution is -0.118. The van der Waals surface area contributed by atoms with Gasteiger partial charge in [-0.2, -0.15) is 0 Å². The van der Waals surface area contributed by atoms with Gasteiger partial charge in [0.05, 0.1) is 18.5 Å². The van der Waals surface area contributed by atoms with Gasteiger partial charge >= 0.3 is 7.12 Å². The van der Waals surface area contributed by atoms with E-state index in [2.05, 4.69) is 20.8 Å². The maximum absolute atomic E-state index is 11.7. The Morgan fingerprint density at radius 1 is 1.02 bits per heavy atom. The van der Waals surface area contributed by atoms with Crippen LogP contribution in [0.4, 0.5) is 0 Å². The number of methoxy groups -OCH3 is 1. The van der Waals surface area contributed by atoms with Crippen molar-refractivity contribution < 1.29 is 24.4 Å². The highest BCUT2D eigenvalue weighted by molar-refractivity contribution is 6.58. The number of nitrogens with one attached hydrogen (secondary N) is 2. The monoisotopic (exact) mass is 588 g/mol. The van der Waals surface area contributed by atoms with Crippen molar-refractivity contribution in [3.63, 3.8) is 0 Å². The van der Waals surface area contributed by atoms with Gasteiger partial charge in [-0.15, -0.1) is 10.2 Å². The molecule has 4 N–H and O–H groups in total. The Labute approximate surface area is 248 Å². The second-order valence-electron chi connectivity index (χ2n) is 9.29. The summed E-state index contributed by atoms with van der Waals surface area (Å²) in [6.07, 6.45) is 0. The van der Waals surface area contributed by atoms with Crippen molar-refractivity contribution in [3.05, 3.63) is 100 Å². The Hall–Kier alpha value is -4.52. The molecule has 11 nitrogen and oxygen atoms in total. The summed E-state index contributed by atoms with van der Waals surface area (Å²) >= 11 is 6.02. The molecule has 5 rings (SSSR count). The number of ether oxygens (including phenoxy) is 1. The lowest BCUT2D eigenvalue weighted by Crippen LogP contribution is -2.35. The van der Waals surface area contributed by atoms with Gasteiger partial charge in [0.15, 0.2) is 5.82 Å². The minimum Gasteiger partial charge on any atom is -0.497 e. The average molecular weight is 589 g/mol. The summed E-state index contributed by atoms with van der Waals surface area (Å²) in [7, 11) is 0.0598. The summed E-state index contributed by atoms with van der Waals surface area (Å²) in [5, 5.41) is 32.3. The molecule has 13 heteroatoms. The predicted octanol–water partition coefficient (Wildman–Crippen LogP) is 1.82. The summed E-state index contributed by atoms with van der Waals surface area (Å²) in [4.78, 5) is 27.1. The maximum atomic E-state index is 11.7. The van der Waals surface area contributed by atoms with E-state index in [0.717, 1.165) is 39.9 Å². The molecule has 0 saturated carbocycles. The first-order valence-electron chi connectivity index (χ1n) is 13.1. The fraction of sp³-hybridized carbons (Fsp3) is 0.207. The number of aliphatic imine (C=N–C) groups is 1. The summed E-state index contributed by atoms with van der Waals surface area (Å²) < 4.78 is 7.45. The van der Waals surface area contributed by atoms with Gasteiger partial charge in [0.1, 0.15) is 18.1 Å². The highest BCUT2D eigenvalue weighted by atomic mass is 35.5. The smallest absolute Gasteiger partial charge is 0.488 e. The van der Waals surface area contributed by atoms with Crippen molar-refractivity contribution in [3.8, 4) is 11.4 Å². The van der Waals surface area contributed by atoms with Crippen LogP contribution in [0.15, 0.2) is 71.7 Å². The number of halogens is 1. The molecular formula is C29H30BClN6O5. The van der Waals surface area contributed by atoms with Crippen molar-refractivity contribution in [2.75, 3.05) is 20.2 Å². The lowest BCUT2D eigenvalue weighted by Gasteiger charge is -2.14. The molecular weight excluding hydrogens is 559 g/mol. The van der Waals surface area contributed by atoms with E-state index in [0.29, 0.717) is 30.2 Å². The Bertz CT molecular complexity index is 1610. The van der Waals surface area contributed by atoms with Crippen LogP contribution in [0.1, 0.15) is 40.1 Å². The topological polar surface area (TPSA) is 151 Å². The molecule has 42 heavy (non-hydrogen) atoms. The fourth-order valence-electron chi connectivity index (χ4n) is 4.30. The van der Waals surface area contributed by atoms with Gasteiger partial charge in [0, 0.05) is 41.7 Å². The highest BCUT2D eigenvalue weighted by Gasteiger charge is 2.22. The Balaban J connectivity index is 0.000000202. The number of hydrogen-bond donors (Lipinski definition) is 4. The molecule has 0 aliphatic carbocycles. The second-order valence-corrected chi connectivity index (χ2v) is 9.73. The quantitative estimate of drug-likeness (QED) is 0.190. The third-order valence-electron chi connectivity index (χ3n) is 6.32. The number of carbonyl (C=O) groups is 2. The molecule has 1 aliphatic heterocycles. The standard InChI is InChI=1S/C18H15ClN4O.C11H15BN2O4/c1-11-21-22-17-10-20-18(12-3-5-13(19)6-4-12)15-9-14(24-2)7-8-16(15)23(11)17;1-8(15)13-5-6-14-11(16)9-3-2-4-10(7-9)12(17)18/h3-9H,10H2,1-2H3;2-4,7,17-18H,5-6H2,1H3,(H,13,15)(H,14,16). The van der Waals surface area contributed by atoms with E-state index in [-0.39, 0.29) is 17.3 Å². The zero-order chi connectivity index (χ0) is 30.2. The first-order valence-corrected chi connectivity index (χ1v) is 13.4. The first-order chi connectivity index (χ1) is 20.2. The Morgan fingerprint density at radius 2 is 1.76 bits per heavy atom. The molecule has 2 heterocycles. The average Bonchev–Trinajstić information content (AvgIpc) is 3.27. The van der Waals surface area contributed by atoms with Gasteiger partial charge in [0.2, 0.25) is 5.91 Å². The van der Waals surface area contributed by atoms with E-state index < -0.39 is 7.12 Å². The van der Waals surface area contributed by atoms with Crippen LogP contribution < -0.4 is 20.8 Å². The molecule has 0 saturated heterocycles. The van der Waals surface area contributed by atoms with Crippen molar-refractivity contribution >= 4 is 41.7 Å². The molecule has 0 unspecified atom stereocenters. The number of fused-ring (bicyclic) bond motifs is 3. The molecule has 0 bridgehead atoms. The van der Waals surface area contributed by atoms with Crippen molar-refractivity contribution in [1.82, 2.24) is 25.4 Å². The SMILES string of the molecule is CC(=O)NCCNC(=O)c1cccc(B(O)O)c1.COc1ccc2c(c1)C(c1ccc(Cl)cc1)=NCc1nnc(C)n1-2. The number of hydrogen-bond acceptors (Lipinski definition) is 8. The van der Waals surface area contributed by atoms with E-state index >= 15 is 0 Å². The molecule has 3 aromatic carbocycles. The van der Waals surface area contributed by atoms with Crippen LogP contribution in [0.5, 0.6) is 5.75 Å². The minimum absolute atomic E-state index is 0.158. The van der Waals surface area contributed by atoms with Crippen molar-refractivity contribution in [2.24, 2.45) is 4.99 Å². The number of carbonyl (C=O) groups excluding carboxylic acids is 2.